The molecule has 0 fully saturated rings. The zero-order valence-electron chi connectivity index (χ0n) is 15.8. The molecule has 4 aromatic rings. The summed E-state index contributed by atoms with van der Waals surface area (Å²) < 4.78 is 18.4. The summed E-state index contributed by atoms with van der Waals surface area (Å²) in [6, 6.07) is 13.9. The monoisotopic (exact) mass is 363 g/mol. The molecule has 27 heavy (non-hydrogen) atoms. The first-order valence-electron chi connectivity index (χ1n) is 8.87. The van der Waals surface area contributed by atoms with E-state index >= 15 is 0 Å². The maximum absolute atomic E-state index is 11.6. The third kappa shape index (κ3) is 2.67. The van der Waals surface area contributed by atoms with Gasteiger partial charge in [-0.05, 0) is 29.7 Å². The van der Waals surface area contributed by atoms with E-state index in [9.17, 15) is 4.79 Å². The van der Waals surface area contributed by atoms with Crippen LogP contribution in [-0.2, 0) is 11.2 Å². The molecule has 5 nitrogen and oxygen atoms in total. The van der Waals surface area contributed by atoms with E-state index in [-0.39, 0.29) is 5.97 Å². The van der Waals surface area contributed by atoms with Crippen LogP contribution >= 0.6 is 0 Å². The molecule has 138 valence electrons. The second kappa shape index (κ2) is 6.50. The van der Waals surface area contributed by atoms with Crippen LogP contribution in [0.1, 0.15) is 19.4 Å². The number of aromatic nitrogens is 1. The van der Waals surface area contributed by atoms with Gasteiger partial charge in [-0.1, -0.05) is 19.1 Å². The number of aryl methyl sites for hydroxylation is 1. The van der Waals surface area contributed by atoms with E-state index in [0.29, 0.717) is 5.75 Å². The summed E-state index contributed by atoms with van der Waals surface area (Å²) in [7, 11) is 3.30. The van der Waals surface area contributed by atoms with Gasteiger partial charge in [-0.3, -0.25) is 4.79 Å². The highest BCUT2D eigenvalue weighted by Crippen LogP contribution is 2.42. The highest BCUT2D eigenvalue weighted by Gasteiger charge is 2.22. The second-order valence-electron chi connectivity index (χ2n) is 6.42. The van der Waals surface area contributed by atoms with Crippen molar-refractivity contribution in [2.24, 2.45) is 0 Å². The minimum Gasteiger partial charge on any atom is -0.497 e. The fourth-order valence-corrected chi connectivity index (χ4v) is 3.75. The normalized spacial score (nSPS) is 11.3. The number of pyridine rings is 1. The Hall–Kier alpha value is -3.21. The van der Waals surface area contributed by atoms with Gasteiger partial charge in [0.1, 0.15) is 11.5 Å². The molecular formula is C22H21NO4. The number of carbonyl (C=O) groups excluding carboxylic acids is 1. The fourth-order valence-electron chi connectivity index (χ4n) is 3.75. The number of methoxy groups -OCH3 is 2. The number of esters is 1. The summed E-state index contributed by atoms with van der Waals surface area (Å²) in [5, 5.41) is 0. The van der Waals surface area contributed by atoms with Crippen LogP contribution in [0.5, 0.6) is 17.2 Å². The van der Waals surface area contributed by atoms with Crippen molar-refractivity contribution in [1.29, 1.82) is 0 Å². The average Bonchev–Trinajstić information content (AvgIpc) is 3.18. The van der Waals surface area contributed by atoms with Crippen molar-refractivity contribution in [3.05, 3.63) is 48.0 Å². The van der Waals surface area contributed by atoms with Crippen LogP contribution in [0.2, 0.25) is 0 Å². The van der Waals surface area contributed by atoms with Crippen molar-refractivity contribution >= 4 is 22.5 Å². The van der Waals surface area contributed by atoms with Crippen molar-refractivity contribution in [3.8, 4) is 28.4 Å². The molecule has 3 aromatic heterocycles. The molecule has 0 amide bonds. The van der Waals surface area contributed by atoms with Gasteiger partial charge in [0.05, 0.1) is 30.8 Å². The summed E-state index contributed by atoms with van der Waals surface area (Å²) in [6.07, 6.45) is 0.869. The Balaban J connectivity index is 2.07. The molecule has 0 unspecified atom stereocenters. The third-order valence-corrected chi connectivity index (χ3v) is 4.89. The van der Waals surface area contributed by atoms with E-state index in [1.165, 1.54) is 12.5 Å². The lowest BCUT2D eigenvalue weighted by Crippen LogP contribution is -2.01. The average molecular weight is 363 g/mol. The Kier molecular flexibility index (Phi) is 4.15. The first-order valence-corrected chi connectivity index (χ1v) is 8.87. The second-order valence-corrected chi connectivity index (χ2v) is 6.42. The molecule has 0 bridgehead atoms. The Morgan fingerprint density at radius 1 is 0.926 bits per heavy atom. The van der Waals surface area contributed by atoms with Gasteiger partial charge < -0.3 is 18.6 Å². The number of carbonyl (C=O) groups is 1. The van der Waals surface area contributed by atoms with Crippen molar-refractivity contribution < 1.29 is 19.0 Å². The number of benzene rings is 1. The topological polar surface area (TPSA) is 49.2 Å². The lowest BCUT2D eigenvalue weighted by Gasteiger charge is -2.07. The molecule has 0 saturated carbocycles. The van der Waals surface area contributed by atoms with E-state index in [2.05, 4.69) is 23.5 Å². The molecule has 0 N–H and O–H groups in total. The molecule has 0 atom stereocenters. The van der Waals surface area contributed by atoms with Crippen LogP contribution < -0.4 is 14.2 Å². The lowest BCUT2D eigenvalue weighted by atomic mass is 9.99. The predicted octanol–water partition coefficient (Wildman–Crippen LogP) is 4.70. The van der Waals surface area contributed by atoms with Gasteiger partial charge in [0.2, 0.25) is 0 Å². The van der Waals surface area contributed by atoms with E-state index in [1.54, 1.807) is 14.2 Å². The largest absolute Gasteiger partial charge is 0.497 e. The fraction of sp³-hybridized carbons (Fsp3) is 0.227. The Labute approximate surface area is 157 Å². The van der Waals surface area contributed by atoms with Gasteiger partial charge in [-0.25, -0.2) is 0 Å². The SMILES string of the molecule is CCc1c(-c2ccc(OC)cc2)c2cc(OC(C)=O)c3cc(OC)cc1n32. The number of ether oxygens (including phenoxy) is 3. The highest BCUT2D eigenvalue weighted by atomic mass is 16.5. The molecule has 1 aromatic carbocycles. The van der Waals surface area contributed by atoms with Gasteiger partial charge in [-0.15, -0.1) is 0 Å². The Bertz CT molecular complexity index is 1130. The molecule has 0 aliphatic carbocycles. The standard InChI is InChI=1S/C22H21NO4/c1-5-17-18-10-16(26-4)11-19-21(27-13(2)24)12-20(23(18)19)22(17)14-6-8-15(25-3)9-7-14/h6-12H,5H2,1-4H3. The predicted molar refractivity (Wildman–Crippen MR) is 105 cm³/mol. The molecule has 5 heteroatoms. The number of nitrogens with zero attached hydrogens (tertiary/aromatic N) is 1. The first-order chi connectivity index (χ1) is 13.1. The third-order valence-electron chi connectivity index (χ3n) is 4.89. The van der Waals surface area contributed by atoms with E-state index in [1.807, 2.05) is 30.3 Å². The summed E-state index contributed by atoms with van der Waals surface area (Å²) in [6.45, 7) is 3.55. The van der Waals surface area contributed by atoms with Crippen molar-refractivity contribution in [2.75, 3.05) is 14.2 Å². The number of rotatable bonds is 5. The maximum Gasteiger partial charge on any atom is 0.308 e. The number of hydrogen-bond donors (Lipinski definition) is 0. The minimum absolute atomic E-state index is 0.343. The molecule has 0 aliphatic heterocycles. The molecule has 4 rings (SSSR count). The molecule has 3 heterocycles. The highest BCUT2D eigenvalue weighted by molar-refractivity contribution is 5.98. The van der Waals surface area contributed by atoms with Crippen LogP contribution in [0, 0.1) is 0 Å². The van der Waals surface area contributed by atoms with Gasteiger partial charge >= 0.3 is 5.97 Å². The summed E-state index contributed by atoms with van der Waals surface area (Å²) in [5.41, 5.74) is 6.36. The summed E-state index contributed by atoms with van der Waals surface area (Å²) in [5.74, 6) is 1.75. The smallest absolute Gasteiger partial charge is 0.308 e. The summed E-state index contributed by atoms with van der Waals surface area (Å²) >= 11 is 0. The first kappa shape index (κ1) is 17.2. The molecule has 0 saturated heterocycles. The van der Waals surface area contributed by atoms with Crippen molar-refractivity contribution in [2.45, 2.75) is 20.3 Å². The van der Waals surface area contributed by atoms with Crippen LogP contribution in [0.3, 0.4) is 0 Å². The van der Waals surface area contributed by atoms with E-state index < -0.39 is 0 Å². The van der Waals surface area contributed by atoms with Gasteiger partial charge in [-0.2, -0.15) is 0 Å². The molecule has 0 spiro atoms. The van der Waals surface area contributed by atoms with Crippen molar-refractivity contribution in [1.82, 2.24) is 4.40 Å². The van der Waals surface area contributed by atoms with E-state index in [4.69, 9.17) is 14.2 Å². The molecular weight excluding hydrogens is 342 g/mol. The van der Waals surface area contributed by atoms with Crippen LogP contribution in [0.25, 0.3) is 27.7 Å². The molecule has 0 radical (unpaired) electrons. The Morgan fingerprint density at radius 2 is 1.59 bits per heavy atom. The van der Waals surface area contributed by atoms with Gasteiger partial charge in [0, 0.05) is 30.7 Å². The maximum atomic E-state index is 11.6. The quantitative estimate of drug-likeness (QED) is 0.482. The molecule has 0 aliphatic rings. The van der Waals surface area contributed by atoms with Crippen LogP contribution in [0.15, 0.2) is 42.5 Å². The Morgan fingerprint density at radius 3 is 2.19 bits per heavy atom. The number of hydrogen-bond acceptors (Lipinski definition) is 4. The van der Waals surface area contributed by atoms with Crippen molar-refractivity contribution in [3.63, 3.8) is 0 Å². The zero-order chi connectivity index (χ0) is 19.1. The van der Waals surface area contributed by atoms with Crippen LogP contribution in [-0.4, -0.2) is 24.6 Å². The van der Waals surface area contributed by atoms with E-state index in [0.717, 1.165) is 45.6 Å². The van der Waals surface area contributed by atoms with Crippen LogP contribution in [0.4, 0.5) is 0 Å². The summed E-state index contributed by atoms with van der Waals surface area (Å²) in [4.78, 5) is 11.6. The van der Waals surface area contributed by atoms with Gasteiger partial charge in [0.25, 0.3) is 0 Å². The zero-order valence-corrected chi connectivity index (χ0v) is 15.8. The van der Waals surface area contributed by atoms with Gasteiger partial charge in [0.15, 0.2) is 5.75 Å². The minimum atomic E-state index is -0.343. The lowest BCUT2D eigenvalue weighted by molar-refractivity contribution is -0.131.